The molecule has 2 rings (SSSR count). The van der Waals surface area contributed by atoms with Crippen LogP contribution in [0.5, 0.6) is 0 Å². The van der Waals surface area contributed by atoms with Crippen LogP contribution in [0.25, 0.3) is 0 Å². The van der Waals surface area contributed by atoms with Gasteiger partial charge in [0.05, 0.1) is 0 Å². The molecule has 1 aromatic rings. The number of rotatable bonds is 4. The van der Waals surface area contributed by atoms with Gasteiger partial charge >= 0.3 is 0 Å². The molecule has 0 spiro atoms. The van der Waals surface area contributed by atoms with Crippen molar-refractivity contribution in [2.75, 3.05) is 0 Å². The van der Waals surface area contributed by atoms with E-state index in [0.29, 0.717) is 5.41 Å². The predicted molar refractivity (Wildman–Crippen MR) is 79.4 cm³/mol. The van der Waals surface area contributed by atoms with Crippen molar-refractivity contribution in [3.63, 3.8) is 0 Å². The highest BCUT2D eigenvalue weighted by molar-refractivity contribution is 5.35. The first-order chi connectivity index (χ1) is 8.65. The van der Waals surface area contributed by atoms with Crippen LogP contribution in [0.4, 0.5) is 0 Å². The summed E-state index contributed by atoms with van der Waals surface area (Å²) in [6.07, 6.45) is 8.29. The summed E-state index contributed by atoms with van der Waals surface area (Å²) in [6.45, 7) is 7.17. The SMILES string of the molecule is CCC(C)(C)[C](c1ccccc1)C1CCCCC1. The maximum atomic E-state index is 2.42. The maximum Gasteiger partial charge on any atom is 0.0137 e. The topological polar surface area (TPSA) is 0 Å². The molecule has 0 aliphatic heterocycles. The van der Waals surface area contributed by atoms with Crippen LogP contribution in [0, 0.1) is 17.3 Å². The monoisotopic (exact) mass is 243 g/mol. The number of hydrogen-bond donors (Lipinski definition) is 0. The highest BCUT2D eigenvalue weighted by Crippen LogP contribution is 2.47. The predicted octanol–water partition coefficient (Wildman–Crippen LogP) is 5.63. The molecule has 0 aromatic heterocycles. The molecule has 0 N–H and O–H groups in total. The third kappa shape index (κ3) is 2.96. The third-order valence-electron chi connectivity index (χ3n) is 4.71. The second-order valence-corrected chi connectivity index (χ2v) is 6.35. The molecule has 0 amide bonds. The maximum absolute atomic E-state index is 2.42. The van der Waals surface area contributed by atoms with Crippen LogP contribution < -0.4 is 0 Å². The van der Waals surface area contributed by atoms with Crippen LogP contribution in [0.15, 0.2) is 30.3 Å². The minimum atomic E-state index is 0.337. The second kappa shape index (κ2) is 5.91. The molecule has 1 aromatic carbocycles. The van der Waals surface area contributed by atoms with Gasteiger partial charge < -0.3 is 0 Å². The molecule has 0 saturated heterocycles. The van der Waals surface area contributed by atoms with Crippen LogP contribution in [0.1, 0.15) is 64.9 Å². The molecule has 99 valence electrons. The Labute approximate surface area is 113 Å². The molecular weight excluding hydrogens is 216 g/mol. The van der Waals surface area contributed by atoms with Gasteiger partial charge in [0.2, 0.25) is 0 Å². The summed E-state index contributed by atoms with van der Waals surface area (Å²) >= 11 is 0. The Morgan fingerprint density at radius 3 is 2.22 bits per heavy atom. The molecule has 0 heteroatoms. The summed E-state index contributed by atoms with van der Waals surface area (Å²) in [7, 11) is 0. The summed E-state index contributed by atoms with van der Waals surface area (Å²) in [5, 5.41) is 0. The zero-order valence-corrected chi connectivity index (χ0v) is 12.2. The summed E-state index contributed by atoms with van der Waals surface area (Å²) in [6, 6.07) is 11.1. The van der Waals surface area contributed by atoms with Gasteiger partial charge in [-0.3, -0.25) is 0 Å². The standard InChI is InChI=1S/C18H27/c1-4-18(2,3)17(15-11-7-5-8-12-15)16-13-9-6-10-14-16/h5,7-8,11-12,16H,4,6,9-10,13-14H2,1-3H3. The fraction of sp³-hybridized carbons (Fsp3) is 0.611. The lowest BCUT2D eigenvalue weighted by atomic mass is 9.63. The highest BCUT2D eigenvalue weighted by Gasteiger charge is 2.36. The molecule has 0 bridgehead atoms. The van der Waals surface area contributed by atoms with Gasteiger partial charge in [-0.05, 0) is 29.7 Å². The van der Waals surface area contributed by atoms with Crippen molar-refractivity contribution < 1.29 is 0 Å². The van der Waals surface area contributed by atoms with Gasteiger partial charge in [0.1, 0.15) is 0 Å². The first-order valence-electron chi connectivity index (χ1n) is 7.58. The first-order valence-corrected chi connectivity index (χ1v) is 7.58. The fourth-order valence-electron chi connectivity index (χ4n) is 3.38. The lowest BCUT2D eigenvalue weighted by Gasteiger charge is -2.40. The van der Waals surface area contributed by atoms with Gasteiger partial charge in [0, 0.05) is 5.92 Å². The van der Waals surface area contributed by atoms with Crippen LogP contribution >= 0.6 is 0 Å². The van der Waals surface area contributed by atoms with E-state index in [1.165, 1.54) is 44.1 Å². The van der Waals surface area contributed by atoms with Gasteiger partial charge in [-0.2, -0.15) is 0 Å². The quantitative estimate of drug-likeness (QED) is 0.643. The normalized spacial score (nSPS) is 18.2. The first kappa shape index (κ1) is 13.6. The second-order valence-electron chi connectivity index (χ2n) is 6.35. The van der Waals surface area contributed by atoms with Gasteiger partial charge in [-0.1, -0.05) is 76.8 Å². The summed E-state index contributed by atoms with van der Waals surface area (Å²) in [5.74, 6) is 2.53. The minimum Gasteiger partial charge on any atom is -0.0648 e. The van der Waals surface area contributed by atoms with E-state index in [4.69, 9.17) is 0 Å². The van der Waals surface area contributed by atoms with Crippen molar-refractivity contribution in [2.24, 2.45) is 11.3 Å². The highest BCUT2D eigenvalue weighted by atomic mass is 14.4. The Morgan fingerprint density at radius 2 is 1.67 bits per heavy atom. The van der Waals surface area contributed by atoms with E-state index >= 15 is 0 Å². The molecular formula is C18H27. The molecule has 0 atom stereocenters. The number of benzene rings is 1. The number of hydrogen-bond acceptors (Lipinski definition) is 0. The molecule has 0 heterocycles. The fourth-order valence-corrected chi connectivity index (χ4v) is 3.38. The average molecular weight is 243 g/mol. The van der Waals surface area contributed by atoms with E-state index in [1.54, 1.807) is 5.92 Å². The molecule has 1 aliphatic carbocycles. The minimum absolute atomic E-state index is 0.337. The Balaban J connectivity index is 2.28. The van der Waals surface area contributed by atoms with Crippen LogP contribution in [0.2, 0.25) is 0 Å². The summed E-state index contributed by atoms with van der Waals surface area (Å²) in [5.41, 5.74) is 1.82. The van der Waals surface area contributed by atoms with Crippen LogP contribution in [-0.2, 0) is 0 Å². The molecule has 18 heavy (non-hydrogen) atoms. The summed E-state index contributed by atoms with van der Waals surface area (Å²) in [4.78, 5) is 0. The van der Waals surface area contributed by atoms with Crippen molar-refractivity contribution in [2.45, 2.75) is 59.3 Å². The molecule has 0 nitrogen and oxygen atoms in total. The van der Waals surface area contributed by atoms with Gasteiger partial charge in [-0.25, -0.2) is 0 Å². The Hall–Kier alpha value is -0.780. The van der Waals surface area contributed by atoms with Crippen molar-refractivity contribution in [1.82, 2.24) is 0 Å². The van der Waals surface area contributed by atoms with Gasteiger partial charge in [0.25, 0.3) is 0 Å². The third-order valence-corrected chi connectivity index (χ3v) is 4.71. The molecule has 1 radical (unpaired) electrons. The van der Waals surface area contributed by atoms with E-state index < -0.39 is 0 Å². The molecule has 0 unspecified atom stereocenters. The molecule has 1 fully saturated rings. The zero-order valence-electron chi connectivity index (χ0n) is 12.2. The lowest BCUT2D eigenvalue weighted by Crippen LogP contribution is -2.30. The summed E-state index contributed by atoms with van der Waals surface area (Å²) < 4.78 is 0. The average Bonchev–Trinajstić information content (AvgIpc) is 2.41. The van der Waals surface area contributed by atoms with E-state index in [0.717, 1.165) is 5.92 Å². The van der Waals surface area contributed by atoms with Crippen molar-refractivity contribution in [1.29, 1.82) is 0 Å². The molecule has 1 aliphatic rings. The Morgan fingerprint density at radius 1 is 1.06 bits per heavy atom. The van der Waals surface area contributed by atoms with E-state index in [-0.39, 0.29) is 0 Å². The Kier molecular flexibility index (Phi) is 4.48. The van der Waals surface area contributed by atoms with Crippen LogP contribution in [0.3, 0.4) is 0 Å². The smallest absolute Gasteiger partial charge is 0.0137 e. The zero-order chi connectivity index (χ0) is 13.0. The van der Waals surface area contributed by atoms with Gasteiger partial charge in [0.15, 0.2) is 0 Å². The van der Waals surface area contributed by atoms with E-state index in [9.17, 15) is 0 Å². The lowest BCUT2D eigenvalue weighted by molar-refractivity contribution is 0.268. The van der Waals surface area contributed by atoms with Crippen LogP contribution in [-0.4, -0.2) is 0 Å². The molecule has 1 saturated carbocycles. The van der Waals surface area contributed by atoms with E-state index in [2.05, 4.69) is 51.1 Å². The largest absolute Gasteiger partial charge is 0.0648 e. The Bertz CT molecular complexity index is 344. The van der Waals surface area contributed by atoms with Crippen molar-refractivity contribution in [3.8, 4) is 0 Å². The van der Waals surface area contributed by atoms with E-state index in [1.807, 2.05) is 0 Å². The van der Waals surface area contributed by atoms with Crippen molar-refractivity contribution in [3.05, 3.63) is 41.8 Å². The van der Waals surface area contributed by atoms with Gasteiger partial charge in [-0.15, -0.1) is 0 Å². The van der Waals surface area contributed by atoms with Crippen molar-refractivity contribution >= 4 is 0 Å².